The maximum Gasteiger partial charge on any atom is 0.0524 e. The molecule has 0 saturated heterocycles. The van der Waals surface area contributed by atoms with E-state index in [0.29, 0.717) is 0 Å². The van der Waals surface area contributed by atoms with Crippen molar-refractivity contribution in [1.82, 2.24) is 5.32 Å². The van der Waals surface area contributed by atoms with E-state index < -0.39 is 0 Å². The standard InChI is InChI=1S/C13H21NO/c1-10-5-4-6-11(2)13(10)9-14-8-7-12(3)15/h4-6,12,14-15H,7-9H2,1-3H3. The lowest BCUT2D eigenvalue weighted by Crippen LogP contribution is -2.19. The predicted octanol–water partition coefficient (Wildman–Crippen LogP) is 2.16. The van der Waals surface area contributed by atoms with Gasteiger partial charge in [0.05, 0.1) is 6.10 Å². The lowest BCUT2D eigenvalue weighted by molar-refractivity contribution is 0.183. The number of benzene rings is 1. The van der Waals surface area contributed by atoms with E-state index in [-0.39, 0.29) is 6.10 Å². The van der Waals surface area contributed by atoms with Crippen LogP contribution in [0.1, 0.15) is 30.0 Å². The van der Waals surface area contributed by atoms with Crippen molar-refractivity contribution in [2.75, 3.05) is 6.54 Å². The van der Waals surface area contributed by atoms with Crippen molar-refractivity contribution in [3.05, 3.63) is 34.9 Å². The molecule has 0 amide bonds. The van der Waals surface area contributed by atoms with E-state index in [1.54, 1.807) is 0 Å². The number of nitrogens with one attached hydrogen (secondary N) is 1. The minimum atomic E-state index is -0.213. The molecule has 0 fully saturated rings. The molecule has 2 nitrogen and oxygen atoms in total. The highest BCUT2D eigenvalue weighted by Crippen LogP contribution is 2.12. The third kappa shape index (κ3) is 4.02. The summed E-state index contributed by atoms with van der Waals surface area (Å²) < 4.78 is 0. The highest BCUT2D eigenvalue weighted by atomic mass is 16.3. The van der Waals surface area contributed by atoms with E-state index in [2.05, 4.69) is 37.4 Å². The molecule has 15 heavy (non-hydrogen) atoms. The van der Waals surface area contributed by atoms with Gasteiger partial charge in [-0.05, 0) is 50.4 Å². The topological polar surface area (TPSA) is 32.3 Å². The fraction of sp³-hybridized carbons (Fsp3) is 0.538. The number of hydrogen-bond donors (Lipinski definition) is 2. The number of aliphatic hydroxyl groups excluding tert-OH is 1. The van der Waals surface area contributed by atoms with Crippen molar-refractivity contribution in [3.63, 3.8) is 0 Å². The quantitative estimate of drug-likeness (QED) is 0.725. The lowest BCUT2D eigenvalue weighted by Gasteiger charge is -2.11. The van der Waals surface area contributed by atoms with Crippen molar-refractivity contribution in [2.24, 2.45) is 0 Å². The zero-order valence-corrected chi connectivity index (χ0v) is 9.88. The molecule has 0 aliphatic heterocycles. The summed E-state index contributed by atoms with van der Waals surface area (Å²) in [6, 6.07) is 6.36. The second-order valence-electron chi connectivity index (χ2n) is 4.18. The summed E-state index contributed by atoms with van der Waals surface area (Å²) in [7, 11) is 0. The average Bonchev–Trinajstić information content (AvgIpc) is 2.15. The van der Waals surface area contributed by atoms with Gasteiger partial charge in [0, 0.05) is 6.54 Å². The van der Waals surface area contributed by atoms with Crippen LogP contribution in [-0.4, -0.2) is 17.8 Å². The van der Waals surface area contributed by atoms with Crippen LogP contribution in [0.5, 0.6) is 0 Å². The Hall–Kier alpha value is -0.860. The van der Waals surface area contributed by atoms with Crippen molar-refractivity contribution < 1.29 is 5.11 Å². The molecular weight excluding hydrogens is 186 g/mol. The fourth-order valence-electron chi connectivity index (χ4n) is 1.65. The Bertz CT molecular complexity index is 287. The molecule has 1 rings (SSSR count). The zero-order valence-electron chi connectivity index (χ0n) is 9.88. The van der Waals surface area contributed by atoms with Gasteiger partial charge in [-0.2, -0.15) is 0 Å². The van der Waals surface area contributed by atoms with Crippen LogP contribution < -0.4 is 5.32 Å². The van der Waals surface area contributed by atoms with E-state index in [1.807, 2.05) is 6.92 Å². The summed E-state index contributed by atoms with van der Waals surface area (Å²) in [5.74, 6) is 0. The van der Waals surface area contributed by atoms with Crippen molar-refractivity contribution >= 4 is 0 Å². The zero-order chi connectivity index (χ0) is 11.3. The second kappa shape index (κ2) is 5.89. The molecule has 1 atom stereocenters. The van der Waals surface area contributed by atoms with Crippen molar-refractivity contribution in [1.29, 1.82) is 0 Å². The number of rotatable bonds is 5. The van der Waals surface area contributed by atoms with E-state index in [4.69, 9.17) is 5.11 Å². The van der Waals surface area contributed by atoms with Gasteiger partial charge in [-0.25, -0.2) is 0 Å². The van der Waals surface area contributed by atoms with E-state index >= 15 is 0 Å². The third-order valence-corrected chi connectivity index (χ3v) is 2.69. The van der Waals surface area contributed by atoms with Gasteiger partial charge in [0.15, 0.2) is 0 Å². The summed E-state index contributed by atoms with van der Waals surface area (Å²) in [4.78, 5) is 0. The highest BCUT2D eigenvalue weighted by Gasteiger charge is 2.01. The van der Waals surface area contributed by atoms with Crippen LogP contribution in [0.4, 0.5) is 0 Å². The molecule has 0 bridgehead atoms. The first-order valence-electron chi connectivity index (χ1n) is 5.55. The molecular formula is C13H21NO. The van der Waals surface area contributed by atoms with Crippen LogP contribution in [0, 0.1) is 13.8 Å². The molecule has 0 aliphatic rings. The summed E-state index contributed by atoms with van der Waals surface area (Å²) in [5, 5.41) is 12.5. The first-order valence-corrected chi connectivity index (χ1v) is 5.55. The Morgan fingerprint density at radius 2 is 1.87 bits per heavy atom. The minimum Gasteiger partial charge on any atom is -0.393 e. The summed E-state index contributed by atoms with van der Waals surface area (Å²) in [5.41, 5.74) is 4.04. The summed E-state index contributed by atoms with van der Waals surface area (Å²) in [6.07, 6.45) is 0.598. The molecule has 1 unspecified atom stereocenters. The van der Waals surface area contributed by atoms with Crippen LogP contribution in [0.15, 0.2) is 18.2 Å². The molecule has 1 aromatic carbocycles. The van der Waals surface area contributed by atoms with Gasteiger partial charge >= 0.3 is 0 Å². The normalized spacial score (nSPS) is 12.8. The van der Waals surface area contributed by atoms with Crippen molar-refractivity contribution in [2.45, 2.75) is 39.8 Å². The molecule has 1 aromatic rings. The Morgan fingerprint density at radius 1 is 1.27 bits per heavy atom. The molecule has 0 spiro atoms. The molecule has 0 aliphatic carbocycles. The Kier molecular flexibility index (Phi) is 4.79. The molecule has 2 heteroatoms. The van der Waals surface area contributed by atoms with Crippen LogP contribution in [0.3, 0.4) is 0 Å². The van der Waals surface area contributed by atoms with Gasteiger partial charge in [0.2, 0.25) is 0 Å². The molecule has 2 N–H and O–H groups in total. The van der Waals surface area contributed by atoms with Crippen molar-refractivity contribution in [3.8, 4) is 0 Å². The second-order valence-corrected chi connectivity index (χ2v) is 4.18. The van der Waals surface area contributed by atoms with E-state index in [1.165, 1.54) is 16.7 Å². The molecule has 0 radical (unpaired) electrons. The largest absolute Gasteiger partial charge is 0.393 e. The average molecular weight is 207 g/mol. The Balaban J connectivity index is 2.43. The molecule has 84 valence electrons. The lowest BCUT2D eigenvalue weighted by atomic mass is 10.0. The van der Waals surface area contributed by atoms with E-state index in [0.717, 1.165) is 19.5 Å². The van der Waals surface area contributed by atoms with Gasteiger partial charge in [-0.3, -0.25) is 0 Å². The minimum absolute atomic E-state index is 0.213. The Morgan fingerprint density at radius 3 is 2.40 bits per heavy atom. The first kappa shape index (κ1) is 12.2. The number of aliphatic hydroxyl groups is 1. The first-order chi connectivity index (χ1) is 7.11. The molecule has 0 heterocycles. The monoisotopic (exact) mass is 207 g/mol. The van der Waals surface area contributed by atoms with Gasteiger partial charge in [-0.1, -0.05) is 18.2 Å². The summed E-state index contributed by atoms with van der Waals surface area (Å²) >= 11 is 0. The van der Waals surface area contributed by atoms with E-state index in [9.17, 15) is 0 Å². The maximum absolute atomic E-state index is 9.12. The summed E-state index contributed by atoms with van der Waals surface area (Å²) in [6.45, 7) is 7.86. The number of hydrogen-bond acceptors (Lipinski definition) is 2. The number of aryl methyl sites for hydroxylation is 2. The Labute approximate surface area is 92.3 Å². The van der Waals surface area contributed by atoms with Gasteiger partial charge in [0.1, 0.15) is 0 Å². The van der Waals surface area contributed by atoms with Gasteiger partial charge in [0.25, 0.3) is 0 Å². The fourth-order valence-corrected chi connectivity index (χ4v) is 1.65. The predicted molar refractivity (Wildman–Crippen MR) is 63.9 cm³/mol. The highest BCUT2D eigenvalue weighted by molar-refractivity contribution is 5.33. The smallest absolute Gasteiger partial charge is 0.0524 e. The van der Waals surface area contributed by atoms with Crippen LogP contribution in [0.25, 0.3) is 0 Å². The SMILES string of the molecule is Cc1cccc(C)c1CNCCC(C)O. The van der Waals surface area contributed by atoms with Crippen LogP contribution in [0.2, 0.25) is 0 Å². The molecule has 0 aromatic heterocycles. The maximum atomic E-state index is 9.12. The van der Waals surface area contributed by atoms with Crippen LogP contribution in [-0.2, 0) is 6.54 Å². The van der Waals surface area contributed by atoms with Gasteiger partial charge < -0.3 is 10.4 Å². The van der Waals surface area contributed by atoms with Crippen LogP contribution >= 0.6 is 0 Å². The molecule has 0 saturated carbocycles. The van der Waals surface area contributed by atoms with Gasteiger partial charge in [-0.15, -0.1) is 0 Å². The third-order valence-electron chi connectivity index (χ3n) is 2.69.